The van der Waals surface area contributed by atoms with Crippen molar-refractivity contribution < 1.29 is 22.7 Å². The molecule has 2 aromatic rings. The van der Waals surface area contributed by atoms with Gasteiger partial charge in [-0.2, -0.15) is 13.2 Å². The third kappa shape index (κ3) is 5.51. The minimum absolute atomic E-state index is 0.0537. The molecular weight excluding hydrogens is 371 g/mol. The van der Waals surface area contributed by atoms with E-state index in [0.29, 0.717) is 21.8 Å². The Labute approximate surface area is 151 Å². The highest BCUT2D eigenvalue weighted by Gasteiger charge is 2.29. The van der Waals surface area contributed by atoms with E-state index in [1.165, 1.54) is 16.3 Å². The van der Waals surface area contributed by atoms with Gasteiger partial charge in [0.15, 0.2) is 11.8 Å². The SMILES string of the molecule is C=CCn1c(SCCNC(=O)OCC(F)(F)F)nc2ccccc2c1=O. The van der Waals surface area contributed by atoms with E-state index in [0.717, 1.165) is 0 Å². The van der Waals surface area contributed by atoms with Crippen LogP contribution in [0.5, 0.6) is 0 Å². The lowest BCUT2D eigenvalue weighted by Gasteiger charge is -2.12. The first-order valence-corrected chi connectivity index (χ1v) is 8.51. The van der Waals surface area contributed by atoms with Crippen molar-refractivity contribution in [2.24, 2.45) is 0 Å². The molecule has 0 spiro atoms. The van der Waals surface area contributed by atoms with Gasteiger partial charge in [-0.25, -0.2) is 9.78 Å². The van der Waals surface area contributed by atoms with E-state index in [9.17, 15) is 22.8 Å². The van der Waals surface area contributed by atoms with Crippen LogP contribution in [-0.2, 0) is 11.3 Å². The molecule has 1 heterocycles. The normalized spacial score (nSPS) is 11.3. The first-order chi connectivity index (χ1) is 12.3. The van der Waals surface area contributed by atoms with Crippen LogP contribution < -0.4 is 10.9 Å². The molecule has 0 bridgehead atoms. The van der Waals surface area contributed by atoms with Crippen LogP contribution in [0, 0.1) is 0 Å². The fourth-order valence-corrected chi connectivity index (χ4v) is 2.90. The maximum Gasteiger partial charge on any atom is 0.422 e. The van der Waals surface area contributed by atoms with Crippen LogP contribution in [0.2, 0.25) is 0 Å². The number of halogens is 3. The molecule has 2 rings (SSSR count). The minimum Gasteiger partial charge on any atom is -0.440 e. The molecule has 0 aliphatic heterocycles. The Morgan fingerprint density at radius 1 is 1.38 bits per heavy atom. The van der Waals surface area contributed by atoms with Gasteiger partial charge in [0.1, 0.15) is 0 Å². The zero-order chi connectivity index (χ0) is 19.2. The summed E-state index contributed by atoms with van der Waals surface area (Å²) >= 11 is 1.19. The van der Waals surface area contributed by atoms with Gasteiger partial charge in [0.25, 0.3) is 5.56 Å². The lowest BCUT2D eigenvalue weighted by Crippen LogP contribution is -2.30. The summed E-state index contributed by atoms with van der Waals surface area (Å²) in [4.78, 5) is 28.1. The number of carbonyl (C=O) groups is 1. The number of fused-ring (bicyclic) bond motifs is 1. The fraction of sp³-hybridized carbons (Fsp3) is 0.312. The molecule has 140 valence electrons. The maximum absolute atomic E-state index is 12.5. The zero-order valence-electron chi connectivity index (χ0n) is 13.6. The Morgan fingerprint density at radius 2 is 2.12 bits per heavy atom. The van der Waals surface area contributed by atoms with Gasteiger partial charge in [-0.05, 0) is 12.1 Å². The second kappa shape index (κ2) is 8.75. The van der Waals surface area contributed by atoms with E-state index in [1.54, 1.807) is 30.3 Å². The minimum atomic E-state index is -4.57. The Balaban J connectivity index is 2.00. The predicted molar refractivity (Wildman–Crippen MR) is 92.3 cm³/mol. The molecule has 0 unspecified atom stereocenters. The summed E-state index contributed by atoms with van der Waals surface area (Å²) in [6.45, 7) is 2.29. The molecule has 1 N–H and O–H groups in total. The molecule has 0 atom stereocenters. The van der Waals surface area contributed by atoms with Gasteiger partial charge < -0.3 is 10.1 Å². The second-order valence-corrected chi connectivity index (χ2v) is 6.14. The van der Waals surface area contributed by atoms with Crippen molar-refractivity contribution >= 4 is 28.8 Å². The number of ether oxygens (including phenoxy) is 1. The van der Waals surface area contributed by atoms with Crippen LogP contribution >= 0.6 is 11.8 Å². The molecule has 1 aromatic heterocycles. The standard InChI is InChI=1S/C16H16F3N3O3S/c1-2-8-22-13(23)11-5-3-4-6-12(11)21-14(22)26-9-7-20-15(24)25-10-16(17,18)19/h2-6H,1,7-10H2,(H,20,24). The van der Waals surface area contributed by atoms with Gasteiger partial charge >= 0.3 is 12.3 Å². The third-order valence-corrected chi connectivity index (χ3v) is 4.09. The number of nitrogens with one attached hydrogen (secondary N) is 1. The number of carbonyl (C=O) groups excluding carboxylic acids is 1. The molecule has 1 amide bonds. The summed E-state index contributed by atoms with van der Waals surface area (Å²) in [6, 6.07) is 6.90. The molecule has 6 nitrogen and oxygen atoms in total. The molecule has 0 radical (unpaired) electrons. The Hall–Kier alpha value is -2.49. The lowest BCUT2D eigenvalue weighted by molar-refractivity contribution is -0.160. The van der Waals surface area contributed by atoms with Gasteiger partial charge in [-0.15, -0.1) is 6.58 Å². The molecule has 1 aromatic carbocycles. The van der Waals surface area contributed by atoms with Crippen LogP contribution in [-0.4, -0.2) is 40.7 Å². The summed E-state index contributed by atoms with van der Waals surface area (Å²) in [7, 11) is 0. The van der Waals surface area contributed by atoms with E-state index in [4.69, 9.17) is 0 Å². The summed E-state index contributed by atoms with van der Waals surface area (Å²) in [5, 5.41) is 3.12. The maximum atomic E-state index is 12.5. The Morgan fingerprint density at radius 3 is 2.81 bits per heavy atom. The topological polar surface area (TPSA) is 73.2 Å². The fourth-order valence-electron chi connectivity index (χ4n) is 2.04. The molecule has 0 aliphatic rings. The van der Waals surface area contributed by atoms with Crippen molar-refractivity contribution in [1.82, 2.24) is 14.9 Å². The van der Waals surface area contributed by atoms with Crippen molar-refractivity contribution in [1.29, 1.82) is 0 Å². The van der Waals surface area contributed by atoms with E-state index in [1.807, 2.05) is 0 Å². The predicted octanol–water partition coefficient (Wildman–Crippen LogP) is 2.96. The van der Waals surface area contributed by atoms with Gasteiger partial charge in [0.05, 0.1) is 10.9 Å². The number of alkyl halides is 3. The lowest BCUT2D eigenvalue weighted by atomic mass is 10.2. The molecule has 0 saturated heterocycles. The van der Waals surface area contributed by atoms with Crippen molar-refractivity contribution in [2.75, 3.05) is 18.9 Å². The summed E-state index contributed by atoms with van der Waals surface area (Å²) in [5.74, 6) is 0.295. The van der Waals surface area contributed by atoms with Crippen LogP contribution in [0.4, 0.5) is 18.0 Å². The summed E-state index contributed by atoms with van der Waals surface area (Å²) < 4.78 is 41.3. The number of hydrogen-bond acceptors (Lipinski definition) is 5. The number of rotatable bonds is 7. The van der Waals surface area contributed by atoms with E-state index in [2.05, 4.69) is 21.6 Å². The highest BCUT2D eigenvalue weighted by Crippen LogP contribution is 2.17. The molecule has 26 heavy (non-hydrogen) atoms. The first kappa shape index (κ1) is 19.8. The highest BCUT2D eigenvalue weighted by molar-refractivity contribution is 7.99. The average Bonchev–Trinajstić information content (AvgIpc) is 2.59. The summed E-state index contributed by atoms with van der Waals surface area (Å²) in [5.41, 5.74) is 0.327. The van der Waals surface area contributed by atoms with Gasteiger partial charge in [-0.1, -0.05) is 30.0 Å². The van der Waals surface area contributed by atoms with Crippen LogP contribution in [0.15, 0.2) is 46.9 Å². The van der Waals surface area contributed by atoms with Crippen molar-refractivity contribution in [3.63, 3.8) is 0 Å². The van der Waals surface area contributed by atoms with Crippen LogP contribution in [0.1, 0.15) is 0 Å². The number of benzene rings is 1. The van der Waals surface area contributed by atoms with E-state index in [-0.39, 0.29) is 18.6 Å². The third-order valence-electron chi connectivity index (χ3n) is 3.11. The first-order valence-electron chi connectivity index (χ1n) is 7.52. The molecule has 0 fully saturated rings. The monoisotopic (exact) mass is 387 g/mol. The highest BCUT2D eigenvalue weighted by atomic mass is 32.2. The Bertz CT molecular complexity index is 852. The largest absolute Gasteiger partial charge is 0.440 e. The van der Waals surface area contributed by atoms with Crippen LogP contribution in [0.3, 0.4) is 0 Å². The van der Waals surface area contributed by atoms with Crippen LogP contribution in [0.25, 0.3) is 10.9 Å². The van der Waals surface area contributed by atoms with Crippen molar-refractivity contribution in [2.45, 2.75) is 17.9 Å². The molecule has 0 saturated carbocycles. The van der Waals surface area contributed by atoms with E-state index < -0.39 is 18.9 Å². The van der Waals surface area contributed by atoms with Gasteiger partial charge in [0, 0.05) is 18.8 Å². The van der Waals surface area contributed by atoms with Gasteiger partial charge in [-0.3, -0.25) is 9.36 Å². The van der Waals surface area contributed by atoms with Crippen molar-refractivity contribution in [3.8, 4) is 0 Å². The smallest absolute Gasteiger partial charge is 0.422 e. The number of para-hydroxylation sites is 1. The molecule has 10 heteroatoms. The van der Waals surface area contributed by atoms with Gasteiger partial charge in [0.2, 0.25) is 0 Å². The number of nitrogens with zero attached hydrogens (tertiary/aromatic N) is 2. The number of allylic oxidation sites excluding steroid dienone is 1. The number of thioether (sulfide) groups is 1. The average molecular weight is 387 g/mol. The number of alkyl carbamates (subject to hydrolysis) is 1. The number of aromatic nitrogens is 2. The Kier molecular flexibility index (Phi) is 6.67. The van der Waals surface area contributed by atoms with Crippen molar-refractivity contribution in [3.05, 3.63) is 47.3 Å². The van der Waals surface area contributed by atoms with E-state index >= 15 is 0 Å². The number of amides is 1. The quantitative estimate of drug-likeness (QED) is 0.342. The number of hydrogen-bond donors (Lipinski definition) is 1. The zero-order valence-corrected chi connectivity index (χ0v) is 14.4. The second-order valence-electron chi connectivity index (χ2n) is 5.08. The molecular formula is C16H16F3N3O3S. The summed E-state index contributed by atoms with van der Waals surface area (Å²) in [6.07, 6.45) is -4.16. The molecule has 0 aliphatic carbocycles.